The molecule has 5 nitrogen and oxygen atoms in total. The van der Waals surface area contributed by atoms with Crippen LogP contribution in [0.1, 0.15) is 49.7 Å². The molecule has 0 radical (unpaired) electrons. The minimum atomic E-state index is -0.421. The lowest BCUT2D eigenvalue weighted by molar-refractivity contribution is -0.118. The van der Waals surface area contributed by atoms with Gasteiger partial charge in [0.1, 0.15) is 6.04 Å². The summed E-state index contributed by atoms with van der Waals surface area (Å²) < 4.78 is 0. The van der Waals surface area contributed by atoms with E-state index in [1.54, 1.807) is 4.90 Å². The summed E-state index contributed by atoms with van der Waals surface area (Å²) in [5, 5.41) is 5.88. The Morgan fingerprint density at radius 3 is 2.50 bits per heavy atom. The van der Waals surface area contributed by atoms with Gasteiger partial charge in [-0.15, -0.1) is 0 Å². The van der Waals surface area contributed by atoms with Gasteiger partial charge < -0.3 is 15.5 Å². The zero-order chi connectivity index (χ0) is 17.1. The van der Waals surface area contributed by atoms with Crippen molar-refractivity contribution in [3.63, 3.8) is 0 Å². The summed E-state index contributed by atoms with van der Waals surface area (Å²) in [5.74, 6) is -0.0166. The molecule has 1 saturated carbocycles. The molecule has 1 aromatic carbocycles. The van der Waals surface area contributed by atoms with Gasteiger partial charge in [0.2, 0.25) is 5.91 Å². The van der Waals surface area contributed by atoms with E-state index in [4.69, 9.17) is 0 Å². The summed E-state index contributed by atoms with van der Waals surface area (Å²) in [4.78, 5) is 26.6. The van der Waals surface area contributed by atoms with Crippen LogP contribution in [0.3, 0.4) is 0 Å². The zero-order valence-corrected chi connectivity index (χ0v) is 14.6. The molecule has 1 aliphatic carbocycles. The quantitative estimate of drug-likeness (QED) is 0.895. The Kier molecular flexibility index (Phi) is 5.07. The van der Waals surface area contributed by atoms with Crippen LogP contribution in [0.15, 0.2) is 18.2 Å². The Morgan fingerprint density at radius 2 is 1.79 bits per heavy atom. The van der Waals surface area contributed by atoms with E-state index < -0.39 is 6.04 Å². The van der Waals surface area contributed by atoms with Crippen LogP contribution in [-0.2, 0) is 4.79 Å². The average molecular weight is 329 g/mol. The van der Waals surface area contributed by atoms with Crippen molar-refractivity contribution in [2.45, 2.75) is 64.5 Å². The molecule has 0 aromatic heterocycles. The first-order valence-electron chi connectivity index (χ1n) is 9.00. The first-order chi connectivity index (χ1) is 11.5. The summed E-state index contributed by atoms with van der Waals surface area (Å²) in [6, 6.07) is 5.68. The lowest BCUT2D eigenvalue weighted by atomic mass is 9.96. The first kappa shape index (κ1) is 16.8. The second kappa shape index (κ2) is 7.24. The second-order valence-electron chi connectivity index (χ2n) is 7.05. The molecule has 2 N–H and O–H groups in total. The molecule has 0 bridgehead atoms. The van der Waals surface area contributed by atoms with Crippen LogP contribution in [0.2, 0.25) is 0 Å². The number of aryl methyl sites for hydroxylation is 2. The maximum Gasteiger partial charge on any atom is 0.315 e. The molecule has 1 atom stereocenters. The van der Waals surface area contributed by atoms with Crippen molar-refractivity contribution in [1.29, 1.82) is 0 Å². The summed E-state index contributed by atoms with van der Waals surface area (Å²) >= 11 is 0. The van der Waals surface area contributed by atoms with E-state index in [1.165, 1.54) is 30.4 Å². The normalized spacial score (nSPS) is 21.8. The summed E-state index contributed by atoms with van der Waals surface area (Å²) in [6.45, 7) is 4.76. The Labute approximate surface area is 143 Å². The lowest BCUT2D eigenvalue weighted by Crippen LogP contribution is -2.49. The topological polar surface area (TPSA) is 61.4 Å². The van der Waals surface area contributed by atoms with Gasteiger partial charge in [0, 0.05) is 18.3 Å². The van der Waals surface area contributed by atoms with E-state index in [9.17, 15) is 9.59 Å². The van der Waals surface area contributed by atoms with Crippen molar-refractivity contribution in [3.05, 3.63) is 29.3 Å². The summed E-state index contributed by atoms with van der Waals surface area (Å²) in [5.41, 5.74) is 3.30. The van der Waals surface area contributed by atoms with Crippen molar-refractivity contribution in [1.82, 2.24) is 10.6 Å². The third-order valence-electron chi connectivity index (χ3n) is 5.25. The van der Waals surface area contributed by atoms with Crippen molar-refractivity contribution in [2.75, 3.05) is 11.4 Å². The largest absolute Gasteiger partial charge is 0.335 e. The van der Waals surface area contributed by atoms with Gasteiger partial charge in [-0.25, -0.2) is 4.79 Å². The molecule has 0 spiro atoms. The number of urea groups is 1. The molecule has 2 fully saturated rings. The molecular formula is C19H27N3O2. The first-order valence-corrected chi connectivity index (χ1v) is 9.00. The van der Waals surface area contributed by atoms with Gasteiger partial charge in [-0.3, -0.25) is 4.79 Å². The van der Waals surface area contributed by atoms with Crippen LogP contribution >= 0.6 is 0 Å². The predicted octanol–water partition coefficient (Wildman–Crippen LogP) is 3.04. The maximum absolute atomic E-state index is 12.6. The fourth-order valence-corrected chi connectivity index (χ4v) is 3.60. The van der Waals surface area contributed by atoms with Gasteiger partial charge in [-0.2, -0.15) is 0 Å². The Balaban J connectivity index is 1.57. The summed E-state index contributed by atoms with van der Waals surface area (Å²) in [7, 11) is 0. The van der Waals surface area contributed by atoms with Gasteiger partial charge >= 0.3 is 6.03 Å². The van der Waals surface area contributed by atoms with Crippen molar-refractivity contribution in [2.24, 2.45) is 0 Å². The average Bonchev–Trinajstić information content (AvgIpc) is 2.92. The zero-order valence-electron chi connectivity index (χ0n) is 14.6. The molecule has 5 heteroatoms. The van der Waals surface area contributed by atoms with Crippen LogP contribution in [0.25, 0.3) is 0 Å². The molecule has 1 heterocycles. The van der Waals surface area contributed by atoms with Gasteiger partial charge in [0.25, 0.3) is 0 Å². The summed E-state index contributed by atoms with van der Waals surface area (Å²) in [6.07, 6.45) is 6.35. The van der Waals surface area contributed by atoms with Gasteiger partial charge in [-0.1, -0.05) is 25.3 Å². The Morgan fingerprint density at radius 1 is 1.04 bits per heavy atom. The number of hydrogen-bond acceptors (Lipinski definition) is 2. The van der Waals surface area contributed by atoms with Gasteiger partial charge in [-0.05, 0) is 56.4 Å². The van der Waals surface area contributed by atoms with E-state index in [1.807, 2.05) is 25.1 Å². The number of anilines is 1. The molecule has 0 unspecified atom stereocenters. The molecule has 3 rings (SSSR count). The van der Waals surface area contributed by atoms with Crippen LogP contribution in [0, 0.1) is 13.8 Å². The SMILES string of the molecule is Cc1ccc(N2CC[C@H](NC(=O)NC3CCCCC3)C2=O)cc1C. The highest BCUT2D eigenvalue weighted by atomic mass is 16.2. The Bertz CT molecular complexity index is 623. The highest BCUT2D eigenvalue weighted by Crippen LogP contribution is 2.24. The fraction of sp³-hybridized carbons (Fsp3) is 0.579. The van der Waals surface area contributed by atoms with E-state index >= 15 is 0 Å². The standard InChI is InChI=1S/C19H27N3O2/c1-13-8-9-16(12-14(13)2)22-11-10-17(18(22)23)21-19(24)20-15-6-4-3-5-7-15/h8-9,12,15,17H,3-7,10-11H2,1-2H3,(H2,20,21,24)/t17-/m0/s1. The molecule has 1 saturated heterocycles. The molecule has 3 amide bonds. The fourth-order valence-electron chi connectivity index (χ4n) is 3.60. The number of nitrogens with one attached hydrogen (secondary N) is 2. The number of nitrogens with zero attached hydrogens (tertiary/aromatic N) is 1. The highest BCUT2D eigenvalue weighted by Gasteiger charge is 2.34. The number of benzene rings is 1. The molecule has 2 aliphatic rings. The molecule has 24 heavy (non-hydrogen) atoms. The van der Waals surface area contributed by atoms with Crippen LogP contribution < -0.4 is 15.5 Å². The van der Waals surface area contributed by atoms with Crippen molar-refractivity contribution in [3.8, 4) is 0 Å². The van der Waals surface area contributed by atoms with Crippen LogP contribution in [-0.4, -0.2) is 30.6 Å². The predicted molar refractivity (Wildman–Crippen MR) is 95.2 cm³/mol. The minimum absolute atomic E-state index is 0.0166. The number of carbonyl (C=O) groups is 2. The molecule has 1 aromatic rings. The third kappa shape index (κ3) is 3.71. The van der Waals surface area contributed by atoms with E-state index in [0.717, 1.165) is 18.5 Å². The number of amides is 3. The van der Waals surface area contributed by atoms with E-state index in [2.05, 4.69) is 17.6 Å². The third-order valence-corrected chi connectivity index (χ3v) is 5.25. The number of carbonyl (C=O) groups excluding carboxylic acids is 2. The van der Waals surface area contributed by atoms with Crippen LogP contribution in [0.5, 0.6) is 0 Å². The second-order valence-corrected chi connectivity index (χ2v) is 7.05. The van der Waals surface area contributed by atoms with E-state index in [-0.39, 0.29) is 18.0 Å². The van der Waals surface area contributed by atoms with E-state index in [0.29, 0.717) is 13.0 Å². The molecule has 1 aliphatic heterocycles. The van der Waals surface area contributed by atoms with Gasteiger partial charge in [0.05, 0.1) is 0 Å². The Hall–Kier alpha value is -2.04. The lowest BCUT2D eigenvalue weighted by Gasteiger charge is -2.24. The van der Waals surface area contributed by atoms with Crippen molar-refractivity contribution < 1.29 is 9.59 Å². The highest BCUT2D eigenvalue weighted by molar-refractivity contribution is 6.01. The van der Waals surface area contributed by atoms with Gasteiger partial charge in [0.15, 0.2) is 0 Å². The maximum atomic E-state index is 12.6. The number of rotatable bonds is 3. The molecule has 130 valence electrons. The minimum Gasteiger partial charge on any atom is -0.335 e. The monoisotopic (exact) mass is 329 g/mol. The number of hydrogen-bond donors (Lipinski definition) is 2. The van der Waals surface area contributed by atoms with Crippen molar-refractivity contribution >= 4 is 17.6 Å². The molecular weight excluding hydrogens is 302 g/mol. The van der Waals surface area contributed by atoms with Crippen LogP contribution in [0.4, 0.5) is 10.5 Å². The smallest absolute Gasteiger partial charge is 0.315 e.